The fourth-order valence-corrected chi connectivity index (χ4v) is 10.5. The van der Waals surface area contributed by atoms with Crippen LogP contribution >= 0.6 is 0 Å². The van der Waals surface area contributed by atoms with Crippen molar-refractivity contribution in [2.24, 2.45) is 52.3 Å². The summed E-state index contributed by atoms with van der Waals surface area (Å²) in [4.78, 5) is 11.8. The predicted octanol–water partition coefficient (Wildman–Crippen LogP) is 7.06. The summed E-state index contributed by atoms with van der Waals surface area (Å²) in [6.07, 6.45) is 13.3. The SMILES string of the molecule is CC[C@H]1[C@@H](O)C2C3CC[C@H]([C@H](C)C/C=C/c4ccc(OC)cc4C(=O)O)[C@@]3(C)CCC2[C@@]2(C)CC[C@@H](O)C[C@@H]12. The monoisotopic (exact) mass is 538 g/mol. The van der Waals surface area contributed by atoms with E-state index in [9.17, 15) is 20.1 Å². The minimum atomic E-state index is -0.940. The smallest absolute Gasteiger partial charge is 0.336 e. The normalized spacial score (nSPS) is 42.4. The first-order valence-electron chi connectivity index (χ1n) is 15.5. The van der Waals surface area contributed by atoms with Gasteiger partial charge < -0.3 is 20.1 Å². The van der Waals surface area contributed by atoms with E-state index < -0.39 is 5.97 Å². The molecule has 39 heavy (non-hydrogen) atoms. The topological polar surface area (TPSA) is 87.0 Å². The molecule has 0 saturated heterocycles. The van der Waals surface area contributed by atoms with Gasteiger partial charge in [0.25, 0.3) is 0 Å². The fraction of sp³-hybridized carbons (Fsp3) is 0.735. The zero-order valence-corrected chi connectivity index (χ0v) is 24.6. The van der Waals surface area contributed by atoms with Gasteiger partial charge in [-0.3, -0.25) is 0 Å². The lowest BCUT2D eigenvalue weighted by Gasteiger charge is -2.64. The number of ether oxygens (including phenoxy) is 1. The van der Waals surface area contributed by atoms with Gasteiger partial charge in [-0.25, -0.2) is 4.79 Å². The molecule has 0 bridgehead atoms. The van der Waals surface area contributed by atoms with E-state index in [0.717, 1.165) is 32.1 Å². The molecule has 4 aliphatic rings. The van der Waals surface area contributed by atoms with Crippen LogP contribution in [0.1, 0.15) is 101 Å². The zero-order valence-electron chi connectivity index (χ0n) is 24.6. The van der Waals surface area contributed by atoms with Crippen LogP contribution in [0.15, 0.2) is 24.3 Å². The van der Waals surface area contributed by atoms with Crippen molar-refractivity contribution in [1.29, 1.82) is 0 Å². The molecule has 0 amide bonds. The Morgan fingerprint density at radius 1 is 1.08 bits per heavy atom. The van der Waals surface area contributed by atoms with Crippen LogP contribution in [-0.4, -0.2) is 40.6 Å². The minimum Gasteiger partial charge on any atom is -0.497 e. The Hall–Kier alpha value is -1.85. The van der Waals surface area contributed by atoms with Crippen LogP contribution in [0.2, 0.25) is 0 Å². The first-order chi connectivity index (χ1) is 18.5. The van der Waals surface area contributed by atoms with Crippen LogP contribution in [0.5, 0.6) is 5.75 Å². The number of methoxy groups -OCH3 is 1. The molecule has 4 aliphatic carbocycles. The summed E-state index contributed by atoms with van der Waals surface area (Å²) in [6, 6.07) is 5.22. The van der Waals surface area contributed by atoms with Crippen LogP contribution in [0.3, 0.4) is 0 Å². The number of carbonyl (C=O) groups is 1. The summed E-state index contributed by atoms with van der Waals surface area (Å²) < 4.78 is 5.21. The Morgan fingerprint density at radius 2 is 1.79 bits per heavy atom. The summed E-state index contributed by atoms with van der Waals surface area (Å²) in [6.45, 7) is 9.63. The Kier molecular flexibility index (Phi) is 7.98. The minimum absolute atomic E-state index is 0.205. The third-order valence-electron chi connectivity index (χ3n) is 12.4. The number of aliphatic hydroxyl groups is 2. The van der Waals surface area contributed by atoms with Crippen LogP contribution in [-0.2, 0) is 0 Å². The molecule has 5 nitrogen and oxygen atoms in total. The maximum absolute atomic E-state index is 11.9. The fourth-order valence-electron chi connectivity index (χ4n) is 10.5. The summed E-state index contributed by atoms with van der Waals surface area (Å²) in [5, 5.41) is 32.1. The maximum Gasteiger partial charge on any atom is 0.336 e. The lowest BCUT2D eigenvalue weighted by molar-refractivity contribution is -0.203. The molecule has 11 atom stereocenters. The molecule has 1 aromatic rings. The highest BCUT2D eigenvalue weighted by molar-refractivity contribution is 5.92. The van der Waals surface area contributed by atoms with E-state index in [-0.39, 0.29) is 28.6 Å². The number of aliphatic hydroxyl groups excluding tert-OH is 2. The van der Waals surface area contributed by atoms with Gasteiger partial charge in [-0.2, -0.15) is 0 Å². The van der Waals surface area contributed by atoms with Crippen molar-refractivity contribution in [3.8, 4) is 5.75 Å². The lowest BCUT2D eigenvalue weighted by Crippen LogP contribution is -2.62. The Balaban J connectivity index is 1.33. The van der Waals surface area contributed by atoms with Gasteiger partial charge in [-0.15, -0.1) is 0 Å². The predicted molar refractivity (Wildman–Crippen MR) is 155 cm³/mol. The number of hydrogen-bond donors (Lipinski definition) is 3. The first kappa shape index (κ1) is 28.7. The summed E-state index contributed by atoms with van der Waals surface area (Å²) >= 11 is 0. The van der Waals surface area contributed by atoms with E-state index >= 15 is 0 Å². The molecule has 5 rings (SSSR count). The summed E-state index contributed by atoms with van der Waals surface area (Å²) in [5.41, 5.74) is 1.45. The largest absolute Gasteiger partial charge is 0.497 e. The molecule has 5 heteroatoms. The van der Waals surface area contributed by atoms with Gasteiger partial charge in [0.2, 0.25) is 0 Å². The molecule has 3 unspecified atom stereocenters. The molecule has 216 valence electrons. The molecule has 0 aromatic heterocycles. The van der Waals surface area contributed by atoms with Crippen molar-refractivity contribution in [3.63, 3.8) is 0 Å². The van der Waals surface area contributed by atoms with Crippen LogP contribution < -0.4 is 4.74 Å². The maximum atomic E-state index is 11.9. The summed E-state index contributed by atoms with van der Waals surface area (Å²) in [7, 11) is 1.55. The average molecular weight is 539 g/mol. The Morgan fingerprint density at radius 3 is 2.49 bits per heavy atom. The van der Waals surface area contributed by atoms with Gasteiger partial charge in [-0.05, 0) is 121 Å². The number of fused-ring (bicyclic) bond motifs is 5. The molecule has 0 spiro atoms. The van der Waals surface area contributed by atoms with E-state index in [4.69, 9.17) is 4.74 Å². The number of rotatable bonds is 7. The summed E-state index contributed by atoms with van der Waals surface area (Å²) in [5.74, 6) is 2.93. The second-order valence-electron chi connectivity index (χ2n) is 14.0. The van der Waals surface area contributed by atoms with Gasteiger partial charge in [0.15, 0.2) is 0 Å². The Bertz CT molecular complexity index is 1080. The van der Waals surface area contributed by atoms with Crippen molar-refractivity contribution < 1.29 is 24.9 Å². The Labute approximate surface area is 235 Å². The van der Waals surface area contributed by atoms with Crippen LogP contribution in [0.25, 0.3) is 6.08 Å². The van der Waals surface area contributed by atoms with E-state index in [1.165, 1.54) is 25.7 Å². The molecule has 4 fully saturated rings. The number of carboxylic acid groups (broad SMARTS) is 1. The van der Waals surface area contributed by atoms with E-state index in [2.05, 4.69) is 33.8 Å². The van der Waals surface area contributed by atoms with E-state index in [1.54, 1.807) is 13.2 Å². The molecule has 0 aliphatic heterocycles. The molecule has 3 N–H and O–H groups in total. The van der Waals surface area contributed by atoms with E-state index in [1.807, 2.05) is 18.2 Å². The number of allylic oxidation sites excluding steroid dienone is 1. The molecule has 4 saturated carbocycles. The third-order valence-corrected chi connectivity index (χ3v) is 12.4. The van der Waals surface area contributed by atoms with Crippen molar-refractivity contribution in [1.82, 2.24) is 0 Å². The molecular weight excluding hydrogens is 488 g/mol. The van der Waals surface area contributed by atoms with Gasteiger partial charge in [0.1, 0.15) is 5.75 Å². The van der Waals surface area contributed by atoms with Crippen molar-refractivity contribution in [2.45, 2.75) is 97.7 Å². The molecular formula is C34H50O5. The zero-order chi connectivity index (χ0) is 28.1. The quantitative estimate of drug-likeness (QED) is 0.346. The van der Waals surface area contributed by atoms with Gasteiger partial charge >= 0.3 is 5.97 Å². The van der Waals surface area contributed by atoms with Gasteiger partial charge in [-0.1, -0.05) is 52.3 Å². The lowest BCUT2D eigenvalue weighted by atomic mass is 9.41. The van der Waals surface area contributed by atoms with Crippen LogP contribution in [0, 0.1) is 52.3 Å². The number of hydrogen-bond acceptors (Lipinski definition) is 4. The van der Waals surface area contributed by atoms with Gasteiger partial charge in [0, 0.05) is 0 Å². The highest BCUT2D eigenvalue weighted by Crippen LogP contribution is 2.69. The molecule has 0 heterocycles. The second kappa shape index (κ2) is 10.9. The standard InChI is InChI=1S/C34H50O5/c1-6-24-29-18-22(35)14-16-34(29,4)28-15-17-33(3)26(12-13-27(33)30(28)31(24)36)20(2)8-7-9-21-10-11-23(39-5)19-25(21)32(37)38/h7,9-11,19-20,22,24,26-31,35-36H,6,8,12-18H2,1-5H3,(H,37,38)/b9-7+/t20-,22-,24-,26-,27?,28?,29+,30?,31-,33-,34-/m1/s1. The van der Waals surface area contributed by atoms with Crippen molar-refractivity contribution >= 4 is 12.0 Å². The molecule has 1 aromatic carbocycles. The highest BCUT2D eigenvalue weighted by atomic mass is 16.5. The number of benzene rings is 1. The van der Waals surface area contributed by atoms with Crippen molar-refractivity contribution in [3.05, 3.63) is 35.4 Å². The van der Waals surface area contributed by atoms with Gasteiger partial charge in [0.05, 0.1) is 24.9 Å². The third kappa shape index (κ3) is 4.76. The van der Waals surface area contributed by atoms with Crippen molar-refractivity contribution in [2.75, 3.05) is 7.11 Å². The molecule has 0 radical (unpaired) electrons. The number of carboxylic acids is 1. The second-order valence-corrected chi connectivity index (χ2v) is 14.0. The number of aromatic carboxylic acids is 1. The highest BCUT2D eigenvalue weighted by Gasteiger charge is 2.64. The average Bonchev–Trinajstić information content (AvgIpc) is 3.27. The van der Waals surface area contributed by atoms with E-state index in [0.29, 0.717) is 52.7 Å². The van der Waals surface area contributed by atoms with Crippen LogP contribution in [0.4, 0.5) is 0 Å². The first-order valence-corrected chi connectivity index (χ1v) is 15.5.